The topological polar surface area (TPSA) is 96.0 Å². The van der Waals surface area contributed by atoms with Gasteiger partial charge in [0.2, 0.25) is 5.89 Å². The van der Waals surface area contributed by atoms with E-state index in [-0.39, 0.29) is 10.8 Å². The number of hydrogen-bond donors (Lipinski definition) is 1. The van der Waals surface area contributed by atoms with Crippen LogP contribution in [0, 0.1) is 18.3 Å². The molecule has 2 aromatic rings. The highest BCUT2D eigenvalue weighted by Gasteiger charge is 2.17. The quantitative estimate of drug-likeness (QED) is 0.914. The third-order valence-electron chi connectivity index (χ3n) is 2.04. The number of nitriles is 1. The second-order valence-electron chi connectivity index (χ2n) is 3.42. The molecule has 0 bridgehead atoms. The molecule has 2 rings (SSSR count). The Morgan fingerprint density at radius 3 is 2.89 bits per heavy atom. The van der Waals surface area contributed by atoms with Crippen LogP contribution in [0.2, 0.25) is 0 Å². The van der Waals surface area contributed by atoms with Gasteiger partial charge in [-0.3, -0.25) is 0 Å². The molecule has 2 aromatic heterocycles. The first kappa shape index (κ1) is 12.8. The van der Waals surface area contributed by atoms with Crippen LogP contribution in [-0.2, 0) is 16.6 Å². The summed E-state index contributed by atoms with van der Waals surface area (Å²) in [5.74, 6) is 0.917. The van der Waals surface area contributed by atoms with E-state index in [2.05, 4.69) is 9.71 Å². The predicted molar refractivity (Wildman–Crippen MR) is 64.3 cm³/mol. The molecule has 0 aliphatic carbocycles. The normalized spacial score (nSPS) is 11.3. The second-order valence-corrected chi connectivity index (χ2v) is 6.50. The number of rotatable bonds is 4. The SMILES string of the molecule is Cc1cnc(CNS(=O)(=O)c2ccc(C#N)s2)o1. The molecule has 0 spiro atoms. The molecule has 0 atom stereocenters. The minimum absolute atomic E-state index is 0.0179. The molecule has 6 nitrogen and oxygen atoms in total. The Bertz CT molecular complexity index is 694. The van der Waals surface area contributed by atoms with Crippen molar-refractivity contribution in [2.75, 3.05) is 0 Å². The van der Waals surface area contributed by atoms with Crippen LogP contribution in [0.1, 0.15) is 16.5 Å². The van der Waals surface area contributed by atoms with E-state index in [0.717, 1.165) is 11.3 Å². The standard InChI is InChI=1S/C10H9N3O3S2/c1-7-5-12-9(16-7)6-13-18(14,15)10-3-2-8(4-11)17-10/h2-3,5,13H,6H2,1H3. The summed E-state index contributed by atoms with van der Waals surface area (Å²) in [6, 6.07) is 4.75. The van der Waals surface area contributed by atoms with Gasteiger partial charge in [0.05, 0.1) is 12.7 Å². The Balaban J connectivity index is 2.10. The first-order valence-corrected chi connectivity index (χ1v) is 7.22. The minimum atomic E-state index is -3.62. The van der Waals surface area contributed by atoms with Crippen molar-refractivity contribution in [3.63, 3.8) is 0 Å². The van der Waals surface area contributed by atoms with Gasteiger partial charge in [-0.05, 0) is 19.1 Å². The molecule has 0 radical (unpaired) electrons. The van der Waals surface area contributed by atoms with Crippen LogP contribution in [0.4, 0.5) is 0 Å². The van der Waals surface area contributed by atoms with Crippen molar-refractivity contribution in [2.24, 2.45) is 0 Å². The lowest BCUT2D eigenvalue weighted by Crippen LogP contribution is -2.22. The van der Waals surface area contributed by atoms with Crippen molar-refractivity contribution in [1.29, 1.82) is 5.26 Å². The summed E-state index contributed by atoms with van der Waals surface area (Å²) in [5.41, 5.74) is 0. The highest BCUT2D eigenvalue weighted by molar-refractivity contribution is 7.91. The summed E-state index contributed by atoms with van der Waals surface area (Å²) >= 11 is 0.918. The number of thiophene rings is 1. The molecular weight excluding hydrogens is 274 g/mol. The number of nitrogens with zero attached hydrogens (tertiary/aromatic N) is 2. The van der Waals surface area contributed by atoms with E-state index in [4.69, 9.17) is 9.68 Å². The molecule has 0 aromatic carbocycles. The number of nitrogens with one attached hydrogen (secondary N) is 1. The van der Waals surface area contributed by atoms with Crippen molar-refractivity contribution in [3.8, 4) is 6.07 Å². The second kappa shape index (κ2) is 4.89. The molecule has 0 saturated carbocycles. The Morgan fingerprint density at radius 1 is 1.56 bits per heavy atom. The fourth-order valence-electron chi connectivity index (χ4n) is 1.24. The molecule has 0 saturated heterocycles. The average molecular weight is 283 g/mol. The number of aryl methyl sites for hydroxylation is 1. The van der Waals surface area contributed by atoms with Crippen LogP contribution in [-0.4, -0.2) is 13.4 Å². The van der Waals surface area contributed by atoms with Gasteiger partial charge < -0.3 is 4.42 Å². The highest BCUT2D eigenvalue weighted by atomic mass is 32.2. The summed E-state index contributed by atoms with van der Waals surface area (Å²) in [5, 5.41) is 8.65. The molecule has 94 valence electrons. The van der Waals surface area contributed by atoms with Crippen LogP contribution in [0.25, 0.3) is 0 Å². The van der Waals surface area contributed by atoms with Crippen molar-refractivity contribution >= 4 is 21.4 Å². The maximum absolute atomic E-state index is 11.9. The van der Waals surface area contributed by atoms with E-state index < -0.39 is 10.0 Å². The summed E-state index contributed by atoms with van der Waals surface area (Å²) in [7, 11) is -3.62. The third-order valence-corrected chi connectivity index (χ3v) is 4.92. The summed E-state index contributed by atoms with van der Waals surface area (Å²) in [6.45, 7) is 1.71. The van der Waals surface area contributed by atoms with Gasteiger partial charge in [0.15, 0.2) is 0 Å². The van der Waals surface area contributed by atoms with E-state index in [1.54, 1.807) is 6.92 Å². The molecule has 18 heavy (non-hydrogen) atoms. The predicted octanol–water partition coefficient (Wildman–Crippen LogP) is 1.39. The van der Waals surface area contributed by atoms with Crippen LogP contribution < -0.4 is 4.72 Å². The average Bonchev–Trinajstić information content (AvgIpc) is 2.95. The van der Waals surface area contributed by atoms with Gasteiger partial charge in [-0.25, -0.2) is 18.1 Å². The van der Waals surface area contributed by atoms with Crippen molar-refractivity contribution in [2.45, 2.75) is 17.7 Å². The molecule has 0 fully saturated rings. The molecule has 0 unspecified atom stereocenters. The number of aromatic nitrogens is 1. The lowest BCUT2D eigenvalue weighted by molar-refractivity contribution is 0.463. The Kier molecular flexibility index (Phi) is 3.47. The fourth-order valence-corrected chi connectivity index (χ4v) is 3.36. The van der Waals surface area contributed by atoms with Crippen LogP contribution >= 0.6 is 11.3 Å². The summed E-state index contributed by atoms with van der Waals surface area (Å²) in [6.07, 6.45) is 1.52. The fraction of sp³-hybridized carbons (Fsp3) is 0.200. The van der Waals surface area contributed by atoms with Gasteiger partial charge in [0.1, 0.15) is 20.9 Å². The first-order valence-electron chi connectivity index (χ1n) is 4.92. The van der Waals surface area contributed by atoms with Crippen LogP contribution in [0.15, 0.2) is 27.0 Å². The Morgan fingerprint density at radius 2 is 2.33 bits per heavy atom. The van der Waals surface area contributed by atoms with E-state index in [1.807, 2.05) is 6.07 Å². The lowest BCUT2D eigenvalue weighted by Gasteiger charge is -2.01. The zero-order valence-electron chi connectivity index (χ0n) is 9.37. The van der Waals surface area contributed by atoms with Gasteiger partial charge in [-0.15, -0.1) is 11.3 Å². The molecule has 0 aliphatic rings. The maximum atomic E-state index is 11.9. The molecule has 1 N–H and O–H groups in total. The zero-order valence-corrected chi connectivity index (χ0v) is 11.0. The van der Waals surface area contributed by atoms with Gasteiger partial charge in [0.25, 0.3) is 10.0 Å². The molecule has 8 heteroatoms. The van der Waals surface area contributed by atoms with E-state index >= 15 is 0 Å². The smallest absolute Gasteiger partial charge is 0.250 e. The molecule has 0 amide bonds. The van der Waals surface area contributed by atoms with Crippen LogP contribution in [0.5, 0.6) is 0 Å². The van der Waals surface area contributed by atoms with Gasteiger partial charge in [0, 0.05) is 0 Å². The van der Waals surface area contributed by atoms with Gasteiger partial charge in [-0.1, -0.05) is 0 Å². The zero-order chi connectivity index (χ0) is 13.2. The van der Waals surface area contributed by atoms with Crippen molar-refractivity contribution in [1.82, 2.24) is 9.71 Å². The lowest BCUT2D eigenvalue weighted by atomic mass is 10.5. The van der Waals surface area contributed by atoms with Crippen molar-refractivity contribution in [3.05, 3.63) is 34.9 Å². The van der Waals surface area contributed by atoms with Crippen LogP contribution in [0.3, 0.4) is 0 Å². The van der Waals surface area contributed by atoms with Crippen molar-refractivity contribution < 1.29 is 12.8 Å². The Hall–Kier alpha value is -1.69. The maximum Gasteiger partial charge on any atom is 0.250 e. The third kappa shape index (κ3) is 2.76. The monoisotopic (exact) mass is 283 g/mol. The summed E-state index contributed by atoms with van der Waals surface area (Å²) in [4.78, 5) is 4.24. The van der Waals surface area contributed by atoms with E-state index in [9.17, 15) is 8.42 Å². The minimum Gasteiger partial charge on any atom is -0.445 e. The first-order chi connectivity index (χ1) is 8.51. The number of oxazole rings is 1. The summed E-state index contributed by atoms with van der Waals surface area (Å²) < 4.78 is 31.3. The van der Waals surface area contributed by atoms with E-state index in [0.29, 0.717) is 16.5 Å². The van der Waals surface area contributed by atoms with E-state index in [1.165, 1.54) is 18.3 Å². The number of hydrogen-bond acceptors (Lipinski definition) is 6. The largest absolute Gasteiger partial charge is 0.445 e. The van der Waals surface area contributed by atoms with Gasteiger partial charge >= 0.3 is 0 Å². The molecule has 2 heterocycles. The van der Waals surface area contributed by atoms with Gasteiger partial charge in [-0.2, -0.15) is 5.26 Å². The highest BCUT2D eigenvalue weighted by Crippen LogP contribution is 2.20. The number of sulfonamides is 1. The molecule has 0 aliphatic heterocycles. The molecular formula is C10H9N3O3S2. The Labute approximate surface area is 108 Å².